The SMILES string of the molecule is CCCOC(=O)CC(C(=O)OCCC)C(C)(C)C=C(C)CC(C)CCC. The summed E-state index contributed by atoms with van der Waals surface area (Å²) in [6.07, 6.45) is 7.11. The quantitative estimate of drug-likeness (QED) is 0.309. The van der Waals surface area contributed by atoms with Crippen molar-refractivity contribution in [2.75, 3.05) is 13.2 Å². The van der Waals surface area contributed by atoms with Gasteiger partial charge in [-0.05, 0) is 37.5 Å². The molecule has 2 unspecified atom stereocenters. The summed E-state index contributed by atoms with van der Waals surface area (Å²) in [5, 5.41) is 0. The molecule has 152 valence electrons. The van der Waals surface area contributed by atoms with Gasteiger partial charge in [0.15, 0.2) is 0 Å². The van der Waals surface area contributed by atoms with E-state index in [1.54, 1.807) is 0 Å². The molecule has 0 fully saturated rings. The van der Waals surface area contributed by atoms with Crippen molar-refractivity contribution < 1.29 is 19.1 Å². The van der Waals surface area contributed by atoms with Gasteiger partial charge in [0.25, 0.3) is 0 Å². The number of allylic oxidation sites excluding steroid dienone is 2. The minimum Gasteiger partial charge on any atom is -0.466 e. The largest absolute Gasteiger partial charge is 0.466 e. The van der Waals surface area contributed by atoms with Crippen molar-refractivity contribution in [2.45, 2.75) is 87.0 Å². The molecule has 0 rings (SSSR count). The predicted octanol–water partition coefficient (Wildman–Crippen LogP) is 5.70. The molecule has 0 saturated carbocycles. The van der Waals surface area contributed by atoms with Crippen molar-refractivity contribution in [3.8, 4) is 0 Å². The second-order valence-corrected chi connectivity index (χ2v) is 8.05. The lowest BCUT2D eigenvalue weighted by Crippen LogP contribution is -2.34. The van der Waals surface area contributed by atoms with Gasteiger partial charge in [-0.1, -0.05) is 66.0 Å². The third kappa shape index (κ3) is 9.98. The van der Waals surface area contributed by atoms with Crippen LogP contribution < -0.4 is 0 Å². The molecule has 0 radical (unpaired) electrons. The molecule has 4 nitrogen and oxygen atoms in total. The summed E-state index contributed by atoms with van der Waals surface area (Å²) in [5.74, 6) is -0.554. The Kier molecular flexibility index (Phi) is 12.3. The highest BCUT2D eigenvalue weighted by Crippen LogP contribution is 2.35. The lowest BCUT2D eigenvalue weighted by atomic mass is 9.75. The summed E-state index contributed by atoms with van der Waals surface area (Å²) >= 11 is 0. The van der Waals surface area contributed by atoms with Gasteiger partial charge in [-0.2, -0.15) is 0 Å². The highest BCUT2D eigenvalue weighted by Gasteiger charge is 2.37. The number of carbonyl (C=O) groups excluding carboxylic acids is 2. The van der Waals surface area contributed by atoms with E-state index in [1.807, 2.05) is 27.7 Å². The maximum atomic E-state index is 12.6. The van der Waals surface area contributed by atoms with Gasteiger partial charge in [0.2, 0.25) is 0 Å². The van der Waals surface area contributed by atoms with E-state index < -0.39 is 11.3 Å². The maximum absolute atomic E-state index is 12.6. The highest BCUT2D eigenvalue weighted by atomic mass is 16.5. The average Bonchev–Trinajstić information content (AvgIpc) is 2.54. The van der Waals surface area contributed by atoms with Crippen molar-refractivity contribution >= 4 is 11.9 Å². The summed E-state index contributed by atoms with van der Waals surface area (Å²) in [7, 11) is 0. The molecule has 0 aromatic rings. The fraction of sp³-hybridized carbons (Fsp3) is 0.818. The minimum atomic E-state index is -0.533. The van der Waals surface area contributed by atoms with Crippen LogP contribution in [0.3, 0.4) is 0 Å². The van der Waals surface area contributed by atoms with Crippen LogP contribution in [0.4, 0.5) is 0 Å². The van der Waals surface area contributed by atoms with Crippen LogP contribution in [0, 0.1) is 17.3 Å². The van der Waals surface area contributed by atoms with Gasteiger partial charge < -0.3 is 9.47 Å². The van der Waals surface area contributed by atoms with Crippen LogP contribution >= 0.6 is 0 Å². The predicted molar refractivity (Wildman–Crippen MR) is 107 cm³/mol. The van der Waals surface area contributed by atoms with Gasteiger partial charge in [-0.25, -0.2) is 0 Å². The Bertz CT molecular complexity index is 451. The molecule has 0 bridgehead atoms. The molecule has 26 heavy (non-hydrogen) atoms. The Balaban J connectivity index is 5.27. The summed E-state index contributed by atoms with van der Waals surface area (Å²) in [6.45, 7) is 15.3. The van der Waals surface area contributed by atoms with E-state index in [0.717, 1.165) is 19.3 Å². The summed E-state index contributed by atoms with van der Waals surface area (Å²) in [4.78, 5) is 24.7. The fourth-order valence-electron chi connectivity index (χ4n) is 3.33. The number of hydrogen-bond acceptors (Lipinski definition) is 4. The maximum Gasteiger partial charge on any atom is 0.310 e. The van der Waals surface area contributed by atoms with Gasteiger partial charge in [-0.15, -0.1) is 0 Å². The minimum absolute atomic E-state index is 0.0594. The number of rotatable bonds is 13. The van der Waals surface area contributed by atoms with E-state index in [2.05, 4.69) is 26.8 Å². The third-order valence-corrected chi connectivity index (χ3v) is 4.54. The van der Waals surface area contributed by atoms with Gasteiger partial charge in [0.05, 0.1) is 25.6 Å². The van der Waals surface area contributed by atoms with Crippen molar-refractivity contribution in [2.24, 2.45) is 17.3 Å². The van der Waals surface area contributed by atoms with E-state index in [4.69, 9.17) is 9.47 Å². The van der Waals surface area contributed by atoms with E-state index in [0.29, 0.717) is 19.1 Å². The highest BCUT2D eigenvalue weighted by molar-refractivity contribution is 5.81. The molecule has 0 aliphatic rings. The molecule has 0 aromatic carbocycles. The molecule has 0 N–H and O–H groups in total. The van der Waals surface area contributed by atoms with Gasteiger partial charge in [0, 0.05) is 0 Å². The van der Waals surface area contributed by atoms with Crippen molar-refractivity contribution in [1.29, 1.82) is 0 Å². The van der Waals surface area contributed by atoms with E-state index in [1.165, 1.54) is 18.4 Å². The van der Waals surface area contributed by atoms with E-state index in [9.17, 15) is 9.59 Å². The first kappa shape index (κ1) is 24.7. The standard InChI is InChI=1S/C22H40O4/c1-8-11-17(4)14-18(5)16-22(6,7)19(21(24)26-13-10-3)15-20(23)25-12-9-2/h16-17,19H,8-15H2,1-7H3. The van der Waals surface area contributed by atoms with Crippen molar-refractivity contribution in [3.63, 3.8) is 0 Å². The first-order valence-electron chi connectivity index (χ1n) is 10.2. The monoisotopic (exact) mass is 368 g/mol. The van der Waals surface area contributed by atoms with Crippen LogP contribution in [0.1, 0.15) is 87.0 Å². The van der Waals surface area contributed by atoms with Crippen LogP contribution in [0.15, 0.2) is 11.6 Å². The summed E-state index contributed by atoms with van der Waals surface area (Å²) in [6, 6.07) is 0. The molecule has 0 saturated heterocycles. The van der Waals surface area contributed by atoms with Gasteiger partial charge >= 0.3 is 11.9 Å². The first-order chi connectivity index (χ1) is 12.2. The van der Waals surface area contributed by atoms with Crippen molar-refractivity contribution in [3.05, 3.63) is 11.6 Å². The summed E-state index contributed by atoms with van der Waals surface area (Å²) < 4.78 is 10.6. The van der Waals surface area contributed by atoms with Gasteiger partial charge in [0.1, 0.15) is 0 Å². The smallest absolute Gasteiger partial charge is 0.310 e. The Hall–Kier alpha value is -1.32. The number of hydrogen-bond donors (Lipinski definition) is 0. The van der Waals surface area contributed by atoms with Crippen LogP contribution in [-0.2, 0) is 19.1 Å². The summed E-state index contributed by atoms with van der Waals surface area (Å²) in [5.41, 5.74) is 0.790. The number of carbonyl (C=O) groups is 2. The Morgan fingerprint density at radius 1 is 0.962 bits per heavy atom. The first-order valence-corrected chi connectivity index (χ1v) is 10.2. The fourth-order valence-corrected chi connectivity index (χ4v) is 3.33. The molecule has 4 heteroatoms. The molecule has 0 aliphatic heterocycles. The molecular weight excluding hydrogens is 328 g/mol. The Morgan fingerprint density at radius 3 is 2.08 bits per heavy atom. The molecule has 0 aliphatic carbocycles. The zero-order valence-corrected chi connectivity index (χ0v) is 18.0. The molecule has 0 spiro atoms. The zero-order chi connectivity index (χ0) is 20.2. The van der Waals surface area contributed by atoms with Crippen molar-refractivity contribution in [1.82, 2.24) is 0 Å². The average molecular weight is 369 g/mol. The zero-order valence-electron chi connectivity index (χ0n) is 18.0. The Morgan fingerprint density at radius 2 is 1.54 bits per heavy atom. The van der Waals surface area contributed by atoms with Crippen LogP contribution in [0.25, 0.3) is 0 Å². The number of esters is 2. The second kappa shape index (κ2) is 12.9. The third-order valence-electron chi connectivity index (χ3n) is 4.54. The normalized spacial score (nSPS) is 14.7. The number of ether oxygens (including phenoxy) is 2. The Labute approximate surface area is 160 Å². The molecule has 2 atom stereocenters. The lowest BCUT2D eigenvalue weighted by Gasteiger charge is -2.30. The topological polar surface area (TPSA) is 52.6 Å². The van der Waals surface area contributed by atoms with Gasteiger partial charge in [-0.3, -0.25) is 9.59 Å². The van der Waals surface area contributed by atoms with Crippen LogP contribution in [0.2, 0.25) is 0 Å². The second-order valence-electron chi connectivity index (χ2n) is 8.05. The van der Waals surface area contributed by atoms with E-state index >= 15 is 0 Å². The van der Waals surface area contributed by atoms with Crippen LogP contribution in [0.5, 0.6) is 0 Å². The molecular formula is C22H40O4. The van der Waals surface area contributed by atoms with E-state index in [-0.39, 0.29) is 18.4 Å². The lowest BCUT2D eigenvalue weighted by molar-refractivity contribution is -0.158. The molecule has 0 heterocycles. The molecule has 0 aromatic heterocycles. The molecule has 0 amide bonds. The van der Waals surface area contributed by atoms with Crippen LogP contribution in [-0.4, -0.2) is 25.2 Å².